The number of nitriles is 1. The van der Waals surface area contributed by atoms with Gasteiger partial charge in [0.05, 0.1) is 11.8 Å². The summed E-state index contributed by atoms with van der Waals surface area (Å²) in [7, 11) is 0. The number of para-hydroxylation sites is 3. The number of nitrogens with one attached hydrogen (secondary N) is 1. The molecule has 4 heteroatoms. The Labute approximate surface area is 111 Å². The highest BCUT2D eigenvalue weighted by Gasteiger charge is 2.07. The van der Waals surface area contributed by atoms with Gasteiger partial charge in [0.1, 0.15) is 12.2 Å². The van der Waals surface area contributed by atoms with E-state index in [0.29, 0.717) is 17.2 Å². The van der Waals surface area contributed by atoms with E-state index in [9.17, 15) is 4.79 Å². The molecule has 0 saturated carbocycles. The number of carbonyl (C=O) groups is 1. The lowest BCUT2D eigenvalue weighted by Crippen LogP contribution is -2.10. The molecule has 0 aliphatic heterocycles. The Morgan fingerprint density at radius 3 is 2.53 bits per heavy atom. The van der Waals surface area contributed by atoms with Crippen LogP contribution in [0.2, 0.25) is 0 Å². The van der Waals surface area contributed by atoms with E-state index in [4.69, 9.17) is 10.00 Å². The molecule has 0 aliphatic rings. The van der Waals surface area contributed by atoms with Crippen LogP contribution in [0.3, 0.4) is 0 Å². The van der Waals surface area contributed by atoms with Crippen molar-refractivity contribution in [3.8, 4) is 17.6 Å². The van der Waals surface area contributed by atoms with Crippen LogP contribution < -0.4 is 10.1 Å². The summed E-state index contributed by atoms with van der Waals surface area (Å²) in [6.45, 7) is 0. The average Bonchev–Trinajstić information content (AvgIpc) is 2.42. The minimum atomic E-state index is -0.355. The summed E-state index contributed by atoms with van der Waals surface area (Å²) in [5.41, 5.74) is 0.548. The van der Waals surface area contributed by atoms with E-state index in [1.165, 1.54) is 0 Å². The molecule has 1 N–H and O–H groups in total. The highest BCUT2D eigenvalue weighted by atomic mass is 16.5. The molecule has 0 fully saturated rings. The van der Waals surface area contributed by atoms with E-state index in [0.717, 1.165) is 0 Å². The summed E-state index contributed by atoms with van der Waals surface area (Å²) in [6, 6.07) is 18.2. The zero-order chi connectivity index (χ0) is 13.5. The Morgan fingerprint density at radius 2 is 1.79 bits per heavy atom. The molecule has 2 aromatic rings. The lowest BCUT2D eigenvalue weighted by Gasteiger charge is -2.11. The number of hydrogen-bond donors (Lipinski definition) is 1. The number of nitrogens with zero attached hydrogens (tertiary/aromatic N) is 1. The highest BCUT2D eigenvalue weighted by Crippen LogP contribution is 2.29. The number of amides is 1. The SMILES string of the molecule is N#CCC(=O)Nc1ccccc1Oc1ccccc1. The first kappa shape index (κ1) is 12.7. The van der Waals surface area contributed by atoms with Crippen LogP contribution in [-0.2, 0) is 4.79 Å². The van der Waals surface area contributed by atoms with Crippen LogP contribution in [0.25, 0.3) is 0 Å². The van der Waals surface area contributed by atoms with Gasteiger partial charge < -0.3 is 10.1 Å². The molecule has 94 valence electrons. The van der Waals surface area contributed by atoms with Gasteiger partial charge >= 0.3 is 0 Å². The van der Waals surface area contributed by atoms with E-state index >= 15 is 0 Å². The predicted octanol–water partition coefficient (Wildman–Crippen LogP) is 3.33. The van der Waals surface area contributed by atoms with Crippen LogP contribution in [-0.4, -0.2) is 5.91 Å². The summed E-state index contributed by atoms with van der Waals surface area (Å²) in [5, 5.41) is 11.1. The topological polar surface area (TPSA) is 62.1 Å². The number of ether oxygens (including phenoxy) is 1. The Morgan fingerprint density at radius 1 is 1.11 bits per heavy atom. The van der Waals surface area contributed by atoms with Crippen LogP contribution in [0.5, 0.6) is 11.5 Å². The van der Waals surface area contributed by atoms with Gasteiger partial charge in [0.2, 0.25) is 5.91 Å². The number of carbonyl (C=O) groups excluding carboxylic acids is 1. The first-order chi connectivity index (χ1) is 9.29. The van der Waals surface area contributed by atoms with Gasteiger partial charge in [-0.3, -0.25) is 4.79 Å². The maximum absolute atomic E-state index is 11.4. The van der Waals surface area contributed by atoms with Crippen molar-refractivity contribution >= 4 is 11.6 Å². The normalized spacial score (nSPS) is 9.42. The Kier molecular flexibility index (Phi) is 4.14. The lowest BCUT2D eigenvalue weighted by atomic mass is 10.2. The molecule has 0 heterocycles. The van der Waals surface area contributed by atoms with Crippen LogP contribution in [0.4, 0.5) is 5.69 Å². The van der Waals surface area contributed by atoms with Crippen LogP contribution in [0, 0.1) is 11.3 Å². The first-order valence-corrected chi connectivity index (χ1v) is 5.78. The minimum absolute atomic E-state index is 0.181. The average molecular weight is 252 g/mol. The van der Waals surface area contributed by atoms with Gasteiger partial charge in [-0.25, -0.2) is 0 Å². The summed E-state index contributed by atoms with van der Waals surface area (Å²) < 4.78 is 5.69. The number of hydrogen-bond acceptors (Lipinski definition) is 3. The monoisotopic (exact) mass is 252 g/mol. The van der Waals surface area contributed by atoms with Crippen molar-refractivity contribution in [3.05, 3.63) is 54.6 Å². The highest BCUT2D eigenvalue weighted by molar-refractivity contribution is 5.93. The van der Waals surface area contributed by atoms with Crippen molar-refractivity contribution < 1.29 is 9.53 Å². The fourth-order valence-electron chi connectivity index (χ4n) is 1.54. The molecule has 0 unspecified atom stereocenters. The van der Waals surface area contributed by atoms with Crippen LogP contribution in [0.1, 0.15) is 6.42 Å². The molecule has 0 atom stereocenters. The molecule has 4 nitrogen and oxygen atoms in total. The van der Waals surface area contributed by atoms with Gasteiger partial charge in [0.25, 0.3) is 0 Å². The summed E-state index contributed by atoms with van der Waals surface area (Å²) in [6.07, 6.45) is -0.181. The van der Waals surface area contributed by atoms with E-state index < -0.39 is 0 Å². The largest absolute Gasteiger partial charge is 0.455 e. The summed E-state index contributed by atoms with van der Waals surface area (Å²) in [5.74, 6) is 0.871. The molecule has 1 amide bonds. The smallest absolute Gasteiger partial charge is 0.238 e. The Hall–Kier alpha value is -2.80. The van der Waals surface area contributed by atoms with Crippen molar-refractivity contribution in [2.24, 2.45) is 0 Å². The predicted molar refractivity (Wildman–Crippen MR) is 71.8 cm³/mol. The van der Waals surface area contributed by atoms with Crippen molar-refractivity contribution in [3.63, 3.8) is 0 Å². The van der Waals surface area contributed by atoms with Crippen molar-refractivity contribution in [1.29, 1.82) is 5.26 Å². The maximum Gasteiger partial charge on any atom is 0.238 e. The van der Waals surface area contributed by atoms with E-state index in [-0.39, 0.29) is 12.3 Å². The molecule has 0 aromatic heterocycles. The second-order valence-corrected chi connectivity index (χ2v) is 3.79. The molecule has 0 radical (unpaired) electrons. The lowest BCUT2D eigenvalue weighted by molar-refractivity contribution is -0.115. The third-order valence-electron chi connectivity index (χ3n) is 2.37. The van der Waals surface area contributed by atoms with E-state index in [1.807, 2.05) is 36.4 Å². The molecule has 2 aromatic carbocycles. The van der Waals surface area contributed by atoms with Gasteiger partial charge in [-0.1, -0.05) is 30.3 Å². The molecule has 0 bridgehead atoms. The number of benzene rings is 2. The molecule has 0 saturated heterocycles. The third kappa shape index (κ3) is 3.58. The fourth-order valence-corrected chi connectivity index (χ4v) is 1.54. The van der Waals surface area contributed by atoms with Gasteiger partial charge in [-0.15, -0.1) is 0 Å². The van der Waals surface area contributed by atoms with Crippen molar-refractivity contribution in [1.82, 2.24) is 0 Å². The van der Waals surface area contributed by atoms with Gasteiger partial charge in [0.15, 0.2) is 5.75 Å². The minimum Gasteiger partial charge on any atom is -0.455 e. The van der Waals surface area contributed by atoms with Crippen LogP contribution in [0.15, 0.2) is 54.6 Å². The molecule has 19 heavy (non-hydrogen) atoms. The van der Waals surface area contributed by atoms with Crippen molar-refractivity contribution in [2.45, 2.75) is 6.42 Å². The van der Waals surface area contributed by atoms with Gasteiger partial charge in [-0.2, -0.15) is 5.26 Å². The first-order valence-electron chi connectivity index (χ1n) is 5.78. The fraction of sp³-hybridized carbons (Fsp3) is 0.0667. The van der Waals surface area contributed by atoms with Crippen molar-refractivity contribution in [2.75, 3.05) is 5.32 Å². The molecule has 2 rings (SSSR count). The molecular weight excluding hydrogens is 240 g/mol. The van der Waals surface area contributed by atoms with Gasteiger partial charge in [0, 0.05) is 0 Å². The summed E-state index contributed by atoms with van der Waals surface area (Å²) in [4.78, 5) is 11.4. The third-order valence-corrected chi connectivity index (χ3v) is 2.37. The maximum atomic E-state index is 11.4. The zero-order valence-electron chi connectivity index (χ0n) is 10.2. The standard InChI is InChI=1S/C15H12N2O2/c16-11-10-15(18)17-13-8-4-5-9-14(13)19-12-6-2-1-3-7-12/h1-9H,10H2,(H,17,18). The zero-order valence-corrected chi connectivity index (χ0v) is 10.2. The Bertz CT molecular complexity index is 603. The second kappa shape index (κ2) is 6.22. The Balaban J connectivity index is 2.17. The van der Waals surface area contributed by atoms with Crippen LogP contribution >= 0.6 is 0 Å². The second-order valence-electron chi connectivity index (χ2n) is 3.79. The molecule has 0 spiro atoms. The molecular formula is C15H12N2O2. The van der Waals surface area contributed by atoms with E-state index in [2.05, 4.69) is 5.32 Å². The summed E-state index contributed by atoms with van der Waals surface area (Å²) >= 11 is 0. The molecule has 0 aliphatic carbocycles. The van der Waals surface area contributed by atoms with Gasteiger partial charge in [-0.05, 0) is 24.3 Å². The quantitative estimate of drug-likeness (QED) is 0.907. The number of rotatable bonds is 4. The van der Waals surface area contributed by atoms with E-state index in [1.54, 1.807) is 24.3 Å². The number of anilines is 1.